The highest BCUT2D eigenvalue weighted by atomic mass is 32.2. The van der Waals surface area contributed by atoms with Crippen molar-refractivity contribution < 1.29 is 9.53 Å². The summed E-state index contributed by atoms with van der Waals surface area (Å²) >= 11 is 1.69. The van der Waals surface area contributed by atoms with Crippen LogP contribution < -0.4 is 10.1 Å². The molecular formula is C16H16N4O2S. The third-order valence-electron chi connectivity index (χ3n) is 3.35. The predicted octanol–water partition coefficient (Wildman–Crippen LogP) is 2.39. The fourth-order valence-electron chi connectivity index (χ4n) is 2.10. The molecule has 6 nitrogen and oxygen atoms in total. The summed E-state index contributed by atoms with van der Waals surface area (Å²) in [4.78, 5) is 17.7. The number of carbonyl (C=O) groups is 1. The summed E-state index contributed by atoms with van der Waals surface area (Å²) in [6.07, 6.45) is 3.62. The zero-order valence-electron chi connectivity index (χ0n) is 12.8. The molecule has 0 spiro atoms. The Morgan fingerprint density at radius 2 is 2.04 bits per heavy atom. The number of thioether (sulfide) groups is 1. The number of imidazole rings is 1. The van der Waals surface area contributed by atoms with E-state index in [0.29, 0.717) is 23.8 Å². The first kappa shape index (κ1) is 15.4. The molecule has 0 unspecified atom stereocenters. The lowest BCUT2D eigenvalue weighted by molar-refractivity contribution is 0.0946. The third kappa shape index (κ3) is 3.45. The molecule has 0 saturated heterocycles. The fraction of sp³-hybridized carbons (Fsp3) is 0.188. The lowest BCUT2D eigenvalue weighted by Gasteiger charge is -2.04. The van der Waals surface area contributed by atoms with Crippen molar-refractivity contribution in [2.75, 3.05) is 13.4 Å². The maximum atomic E-state index is 12.2. The second kappa shape index (κ2) is 6.70. The van der Waals surface area contributed by atoms with Gasteiger partial charge in [-0.05, 0) is 30.0 Å². The van der Waals surface area contributed by atoms with Gasteiger partial charge < -0.3 is 10.1 Å². The summed E-state index contributed by atoms with van der Waals surface area (Å²) in [5.74, 6) is 0.235. The van der Waals surface area contributed by atoms with E-state index in [0.717, 1.165) is 5.56 Å². The van der Waals surface area contributed by atoms with E-state index in [2.05, 4.69) is 15.4 Å². The van der Waals surface area contributed by atoms with Crippen molar-refractivity contribution in [2.45, 2.75) is 11.4 Å². The minimum absolute atomic E-state index is 0.233. The Labute approximate surface area is 137 Å². The van der Waals surface area contributed by atoms with Crippen molar-refractivity contribution in [3.8, 4) is 5.88 Å². The van der Waals surface area contributed by atoms with Crippen LogP contribution in [0.1, 0.15) is 16.1 Å². The lowest BCUT2D eigenvalue weighted by atomic mass is 10.2. The lowest BCUT2D eigenvalue weighted by Crippen LogP contribution is -2.23. The van der Waals surface area contributed by atoms with Gasteiger partial charge in [0.15, 0.2) is 5.65 Å². The van der Waals surface area contributed by atoms with Gasteiger partial charge >= 0.3 is 0 Å². The number of ether oxygens (including phenoxy) is 1. The van der Waals surface area contributed by atoms with Crippen molar-refractivity contribution in [1.29, 1.82) is 0 Å². The van der Waals surface area contributed by atoms with Crippen LogP contribution in [0.4, 0.5) is 0 Å². The summed E-state index contributed by atoms with van der Waals surface area (Å²) in [5.41, 5.74) is 1.96. The second-order valence-electron chi connectivity index (χ2n) is 4.84. The summed E-state index contributed by atoms with van der Waals surface area (Å²) in [6, 6.07) is 11.5. The molecule has 0 fully saturated rings. The number of hydrogen-bond acceptors (Lipinski definition) is 5. The molecule has 0 saturated carbocycles. The van der Waals surface area contributed by atoms with E-state index in [9.17, 15) is 4.79 Å². The van der Waals surface area contributed by atoms with Crippen LogP contribution in [0, 0.1) is 0 Å². The van der Waals surface area contributed by atoms with Gasteiger partial charge in [0.05, 0.1) is 13.3 Å². The highest BCUT2D eigenvalue weighted by Gasteiger charge is 2.11. The highest BCUT2D eigenvalue weighted by molar-refractivity contribution is 7.98. The van der Waals surface area contributed by atoms with Crippen molar-refractivity contribution >= 4 is 23.3 Å². The van der Waals surface area contributed by atoms with Crippen LogP contribution in [-0.2, 0) is 6.54 Å². The molecule has 0 aliphatic heterocycles. The molecule has 0 radical (unpaired) electrons. The Hall–Kier alpha value is -2.54. The largest absolute Gasteiger partial charge is 0.480 e. The Bertz CT molecular complexity index is 830. The van der Waals surface area contributed by atoms with Crippen LogP contribution in [0.3, 0.4) is 0 Å². The maximum absolute atomic E-state index is 12.2. The fourth-order valence-corrected chi connectivity index (χ4v) is 2.51. The Kier molecular flexibility index (Phi) is 4.47. The van der Waals surface area contributed by atoms with Crippen LogP contribution in [0.2, 0.25) is 0 Å². The SMILES string of the molecule is COc1ccc2nc(C(=O)NCc3ccc(SC)cc3)cn2n1. The number of benzene rings is 1. The molecule has 0 aliphatic rings. The Balaban J connectivity index is 1.69. The molecule has 3 aromatic rings. The smallest absolute Gasteiger partial charge is 0.271 e. The summed E-state index contributed by atoms with van der Waals surface area (Å²) in [7, 11) is 1.54. The third-order valence-corrected chi connectivity index (χ3v) is 4.09. The standard InChI is InChI=1S/C16H16N4O2S/c1-22-15-8-7-14-18-13(10-20(14)19-15)16(21)17-9-11-3-5-12(23-2)6-4-11/h3-8,10H,9H2,1-2H3,(H,17,21). The number of amides is 1. The van der Waals surface area contributed by atoms with Gasteiger partial charge in [-0.3, -0.25) is 4.79 Å². The maximum Gasteiger partial charge on any atom is 0.271 e. The summed E-state index contributed by atoms with van der Waals surface area (Å²) in [5, 5.41) is 7.05. The normalized spacial score (nSPS) is 10.7. The number of aromatic nitrogens is 3. The quantitative estimate of drug-likeness (QED) is 0.728. The van der Waals surface area contributed by atoms with Crippen LogP contribution in [0.15, 0.2) is 47.5 Å². The molecular weight excluding hydrogens is 312 g/mol. The predicted molar refractivity (Wildman–Crippen MR) is 88.9 cm³/mol. The minimum Gasteiger partial charge on any atom is -0.480 e. The number of methoxy groups -OCH3 is 1. The van der Waals surface area contributed by atoms with Gasteiger partial charge in [-0.15, -0.1) is 16.9 Å². The molecule has 1 N–H and O–H groups in total. The van der Waals surface area contributed by atoms with Gasteiger partial charge in [-0.1, -0.05) is 12.1 Å². The van der Waals surface area contributed by atoms with Crippen LogP contribution in [0.5, 0.6) is 5.88 Å². The van der Waals surface area contributed by atoms with E-state index in [1.54, 1.807) is 37.2 Å². The van der Waals surface area contributed by atoms with Crippen LogP contribution in [-0.4, -0.2) is 33.9 Å². The monoisotopic (exact) mass is 328 g/mol. The summed E-state index contributed by atoms with van der Waals surface area (Å²) in [6.45, 7) is 0.456. The Morgan fingerprint density at radius 3 is 2.74 bits per heavy atom. The molecule has 1 amide bonds. The molecule has 2 heterocycles. The molecule has 1 aromatic carbocycles. The molecule has 2 aromatic heterocycles. The van der Waals surface area contributed by atoms with Crippen LogP contribution in [0.25, 0.3) is 5.65 Å². The van der Waals surface area contributed by atoms with E-state index in [1.807, 2.05) is 30.5 Å². The number of nitrogens with one attached hydrogen (secondary N) is 1. The van der Waals surface area contributed by atoms with Crippen LogP contribution >= 0.6 is 11.8 Å². The molecule has 0 aliphatic carbocycles. The zero-order valence-corrected chi connectivity index (χ0v) is 13.6. The van der Waals surface area contributed by atoms with Gasteiger partial charge in [0.25, 0.3) is 5.91 Å². The van der Waals surface area contributed by atoms with E-state index in [4.69, 9.17) is 4.74 Å². The van der Waals surface area contributed by atoms with Gasteiger partial charge in [0.1, 0.15) is 5.69 Å². The molecule has 0 bridgehead atoms. The molecule has 118 valence electrons. The van der Waals surface area contributed by atoms with Gasteiger partial charge in [-0.25, -0.2) is 9.50 Å². The number of fused-ring (bicyclic) bond motifs is 1. The van der Waals surface area contributed by atoms with E-state index < -0.39 is 0 Å². The van der Waals surface area contributed by atoms with Crippen molar-refractivity contribution in [1.82, 2.24) is 19.9 Å². The van der Waals surface area contributed by atoms with E-state index in [-0.39, 0.29) is 5.91 Å². The second-order valence-corrected chi connectivity index (χ2v) is 5.72. The van der Waals surface area contributed by atoms with Crippen molar-refractivity contribution in [3.05, 3.63) is 53.9 Å². The Morgan fingerprint density at radius 1 is 1.26 bits per heavy atom. The average molecular weight is 328 g/mol. The molecule has 0 atom stereocenters. The number of carbonyl (C=O) groups excluding carboxylic acids is 1. The summed E-state index contributed by atoms with van der Waals surface area (Å²) < 4.78 is 6.58. The topological polar surface area (TPSA) is 68.5 Å². The first-order valence-corrected chi connectivity index (χ1v) is 8.23. The number of rotatable bonds is 5. The first-order valence-electron chi connectivity index (χ1n) is 7.01. The number of nitrogens with zero attached hydrogens (tertiary/aromatic N) is 3. The highest BCUT2D eigenvalue weighted by Crippen LogP contribution is 2.15. The molecule has 23 heavy (non-hydrogen) atoms. The van der Waals surface area contributed by atoms with Gasteiger partial charge in [0, 0.05) is 17.5 Å². The first-order chi connectivity index (χ1) is 11.2. The van der Waals surface area contributed by atoms with E-state index >= 15 is 0 Å². The number of hydrogen-bond donors (Lipinski definition) is 1. The average Bonchev–Trinajstić information content (AvgIpc) is 3.03. The van der Waals surface area contributed by atoms with Gasteiger partial charge in [-0.2, -0.15) is 0 Å². The van der Waals surface area contributed by atoms with Crippen molar-refractivity contribution in [2.24, 2.45) is 0 Å². The van der Waals surface area contributed by atoms with Gasteiger partial charge in [0.2, 0.25) is 5.88 Å². The zero-order chi connectivity index (χ0) is 16.2. The van der Waals surface area contributed by atoms with Crippen molar-refractivity contribution in [3.63, 3.8) is 0 Å². The molecule has 3 rings (SSSR count). The molecule has 7 heteroatoms. The minimum atomic E-state index is -0.233. The van der Waals surface area contributed by atoms with E-state index in [1.165, 1.54) is 9.41 Å².